The van der Waals surface area contributed by atoms with Crippen LogP contribution in [0.3, 0.4) is 0 Å². The molecular weight excluding hydrogens is 371 g/mol. The summed E-state index contributed by atoms with van der Waals surface area (Å²) in [6.07, 6.45) is 3.29. The maximum absolute atomic E-state index is 12.8. The number of carbonyl (C=O) groups is 1. The average molecular weight is 399 g/mol. The van der Waals surface area contributed by atoms with Crippen LogP contribution < -0.4 is 4.74 Å². The Morgan fingerprint density at radius 3 is 2.57 bits per heavy atom. The molecule has 1 N–H and O–H groups in total. The van der Waals surface area contributed by atoms with Crippen LogP contribution in [-0.2, 0) is 0 Å². The van der Waals surface area contributed by atoms with Gasteiger partial charge in [-0.25, -0.2) is 4.98 Å². The Bertz CT molecular complexity index is 676. The number of carbonyl (C=O) groups excluding carboxylic acids is 1. The summed E-state index contributed by atoms with van der Waals surface area (Å²) in [7, 11) is 1.50. The lowest BCUT2D eigenvalue weighted by Crippen LogP contribution is -2.27. The third-order valence-corrected chi connectivity index (χ3v) is 5.50. The summed E-state index contributed by atoms with van der Waals surface area (Å²) in [5.74, 6) is -0.863. The number of halogens is 3. The van der Waals surface area contributed by atoms with Crippen molar-refractivity contribution in [2.45, 2.75) is 51.6 Å². The van der Waals surface area contributed by atoms with Crippen LogP contribution in [0.15, 0.2) is 18.3 Å². The van der Waals surface area contributed by atoms with Crippen LogP contribution in [0.2, 0.25) is 0 Å². The van der Waals surface area contributed by atoms with Gasteiger partial charge in [-0.1, -0.05) is 25.5 Å². The second-order valence-electron chi connectivity index (χ2n) is 7.41. The predicted octanol–water partition coefficient (Wildman–Crippen LogP) is 5.06. The summed E-state index contributed by atoms with van der Waals surface area (Å²) in [5.41, 5.74) is 0.976. The van der Waals surface area contributed by atoms with Gasteiger partial charge in [0.25, 0.3) is 0 Å². The predicted molar refractivity (Wildman–Crippen MR) is 101 cm³/mol. The first-order valence-electron chi connectivity index (χ1n) is 9.71. The van der Waals surface area contributed by atoms with E-state index in [-0.39, 0.29) is 43.5 Å². The van der Waals surface area contributed by atoms with Crippen molar-refractivity contribution >= 4 is 11.9 Å². The Morgan fingerprint density at radius 2 is 2.04 bits per heavy atom. The molecule has 0 radical (unpaired) electrons. The summed E-state index contributed by atoms with van der Waals surface area (Å²) in [5, 5.41) is 9.28. The van der Waals surface area contributed by atoms with E-state index >= 15 is 0 Å². The number of hydrogen-bond donors (Lipinski definition) is 1. The van der Waals surface area contributed by atoms with E-state index in [4.69, 9.17) is 4.74 Å². The zero-order valence-corrected chi connectivity index (χ0v) is 16.3. The smallest absolute Gasteiger partial charge is 0.391 e. The highest BCUT2D eigenvalue weighted by molar-refractivity contribution is 5.95. The molecule has 4 nitrogen and oxygen atoms in total. The number of rotatable bonds is 8. The number of aliphatic hydroxyl groups is 1. The Balaban J connectivity index is 2.08. The van der Waals surface area contributed by atoms with Gasteiger partial charge < -0.3 is 9.84 Å². The number of aliphatic hydroxyl groups excluding tert-OH is 1. The number of alkyl halides is 3. The molecule has 156 valence electrons. The lowest BCUT2D eigenvalue weighted by molar-refractivity contribution is -0.183. The lowest BCUT2D eigenvalue weighted by atomic mass is 9.81. The van der Waals surface area contributed by atoms with Gasteiger partial charge in [-0.3, -0.25) is 4.79 Å². The molecule has 0 spiro atoms. The number of methoxy groups -OCH3 is 1. The zero-order chi connectivity index (χ0) is 20.7. The topological polar surface area (TPSA) is 59.4 Å². The Hall–Kier alpha value is -1.89. The van der Waals surface area contributed by atoms with E-state index in [9.17, 15) is 23.1 Å². The molecule has 1 saturated carbocycles. The highest BCUT2D eigenvalue weighted by Crippen LogP contribution is 2.40. The monoisotopic (exact) mass is 399 g/mol. The van der Waals surface area contributed by atoms with Gasteiger partial charge >= 0.3 is 6.18 Å². The number of allylic oxidation sites excluding steroid dienone is 1. The number of aromatic nitrogens is 1. The van der Waals surface area contributed by atoms with Crippen molar-refractivity contribution in [3.63, 3.8) is 0 Å². The van der Waals surface area contributed by atoms with Crippen molar-refractivity contribution in [1.82, 2.24) is 4.98 Å². The lowest BCUT2D eigenvalue weighted by Gasteiger charge is -2.28. The van der Waals surface area contributed by atoms with Crippen LogP contribution in [0.25, 0.3) is 6.08 Å². The van der Waals surface area contributed by atoms with Crippen molar-refractivity contribution in [1.29, 1.82) is 0 Å². The van der Waals surface area contributed by atoms with Crippen molar-refractivity contribution in [2.75, 3.05) is 13.7 Å². The third-order valence-electron chi connectivity index (χ3n) is 5.50. The van der Waals surface area contributed by atoms with Crippen molar-refractivity contribution in [3.05, 3.63) is 29.6 Å². The van der Waals surface area contributed by atoms with E-state index in [1.807, 2.05) is 13.0 Å². The van der Waals surface area contributed by atoms with E-state index in [1.54, 1.807) is 12.1 Å². The van der Waals surface area contributed by atoms with E-state index < -0.39 is 12.1 Å². The molecule has 0 bridgehead atoms. The first-order valence-corrected chi connectivity index (χ1v) is 9.71. The van der Waals surface area contributed by atoms with E-state index in [1.165, 1.54) is 13.3 Å². The van der Waals surface area contributed by atoms with Gasteiger partial charge in [0, 0.05) is 18.6 Å². The highest BCUT2D eigenvalue weighted by Gasteiger charge is 2.40. The van der Waals surface area contributed by atoms with Gasteiger partial charge in [0.15, 0.2) is 5.78 Å². The molecule has 0 amide bonds. The van der Waals surface area contributed by atoms with Gasteiger partial charge in [-0.2, -0.15) is 13.2 Å². The summed E-state index contributed by atoms with van der Waals surface area (Å²) in [6, 6.07) is 1.64. The SMILES string of the molecule is CC[C@H](CO)CC(=O)c1cc(/C=C/C2CCC(C(F)(F)F)CC2)c(OC)cn1. The maximum Gasteiger partial charge on any atom is 0.391 e. The second kappa shape index (κ2) is 10.0. The molecule has 28 heavy (non-hydrogen) atoms. The normalized spacial score (nSPS) is 21.6. The van der Waals surface area contributed by atoms with Crippen molar-refractivity contribution < 1.29 is 27.8 Å². The minimum Gasteiger partial charge on any atom is -0.495 e. The molecule has 1 aliphatic carbocycles. The molecule has 1 fully saturated rings. The fraction of sp³-hybridized carbons (Fsp3) is 0.619. The highest BCUT2D eigenvalue weighted by atomic mass is 19.4. The fourth-order valence-electron chi connectivity index (χ4n) is 3.50. The van der Waals surface area contributed by atoms with Crippen LogP contribution >= 0.6 is 0 Å². The molecule has 0 saturated heterocycles. The molecule has 0 aromatic carbocycles. The number of Topliss-reactive ketones (excluding diaryl/α,β-unsaturated/α-hetero) is 1. The van der Waals surface area contributed by atoms with Gasteiger partial charge in [-0.05, 0) is 43.6 Å². The number of pyridine rings is 1. The molecule has 0 unspecified atom stereocenters. The molecule has 7 heteroatoms. The molecule has 1 aromatic rings. The Morgan fingerprint density at radius 1 is 1.36 bits per heavy atom. The molecule has 1 atom stereocenters. The molecular formula is C21H28F3NO3. The van der Waals surface area contributed by atoms with Crippen LogP contribution in [-0.4, -0.2) is 35.8 Å². The summed E-state index contributed by atoms with van der Waals surface area (Å²) < 4.78 is 43.7. The molecule has 2 rings (SSSR count). The molecule has 0 aliphatic heterocycles. The van der Waals surface area contributed by atoms with Gasteiger partial charge in [0.1, 0.15) is 11.4 Å². The number of nitrogens with zero attached hydrogens (tertiary/aromatic N) is 1. The zero-order valence-electron chi connectivity index (χ0n) is 16.3. The number of ketones is 1. The van der Waals surface area contributed by atoms with Gasteiger partial charge in [-0.15, -0.1) is 0 Å². The molecule has 1 heterocycles. The standard InChI is InChI=1S/C21H28F3NO3/c1-3-14(13-26)10-19(27)18-11-16(20(28-2)12-25-18)7-4-15-5-8-17(9-6-15)21(22,23)24/h4,7,11-12,14-15,17,26H,3,5-6,8-10,13H2,1-2H3/b7-4+/t14-,15?,17?/m0/s1. The van der Waals surface area contributed by atoms with Crippen LogP contribution in [0, 0.1) is 17.8 Å². The number of hydrogen-bond acceptors (Lipinski definition) is 4. The van der Waals surface area contributed by atoms with Gasteiger partial charge in [0.2, 0.25) is 0 Å². The summed E-state index contributed by atoms with van der Waals surface area (Å²) >= 11 is 0. The fourth-order valence-corrected chi connectivity index (χ4v) is 3.50. The van der Waals surface area contributed by atoms with Crippen LogP contribution in [0.1, 0.15) is 61.5 Å². The molecule has 1 aromatic heterocycles. The summed E-state index contributed by atoms with van der Waals surface area (Å²) in [6.45, 7) is 1.86. The largest absolute Gasteiger partial charge is 0.495 e. The maximum atomic E-state index is 12.8. The van der Waals surface area contributed by atoms with Crippen LogP contribution in [0.5, 0.6) is 5.75 Å². The third kappa shape index (κ3) is 6.06. The van der Waals surface area contributed by atoms with E-state index in [0.29, 0.717) is 36.3 Å². The van der Waals surface area contributed by atoms with Crippen molar-refractivity contribution in [3.8, 4) is 5.75 Å². The first kappa shape index (κ1) is 22.4. The second-order valence-corrected chi connectivity index (χ2v) is 7.41. The first-order chi connectivity index (χ1) is 13.3. The van der Waals surface area contributed by atoms with Crippen LogP contribution in [0.4, 0.5) is 13.2 Å². The Labute approximate surface area is 163 Å². The minimum atomic E-state index is -4.11. The van der Waals surface area contributed by atoms with E-state index in [2.05, 4.69) is 4.98 Å². The number of ether oxygens (including phenoxy) is 1. The minimum absolute atomic E-state index is 0.0498. The van der Waals surface area contributed by atoms with E-state index in [0.717, 1.165) is 0 Å². The van der Waals surface area contributed by atoms with Crippen molar-refractivity contribution in [2.24, 2.45) is 17.8 Å². The quantitative estimate of drug-likeness (QED) is 0.621. The molecule has 1 aliphatic rings. The average Bonchev–Trinajstić information content (AvgIpc) is 2.69. The Kier molecular flexibility index (Phi) is 8.04. The van der Waals surface area contributed by atoms with Gasteiger partial charge in [0.05, 0.1) is 19.2 Å². The summed E-state index contributed by atoms with van der Waals surface area (Å²) in [4.78, 5) is 16.6.